The van der Waals surface area contributed by atoms with E-state index in [4.69, 9.17) is 16.3 Å². The second-order valence-corrected chi connectivity index (χ2v) is 9.74. The molecule has 0 aliphatic carbocycles. The summed E-state index contributed by atoms with van der Waals surface area (Å²) in [4.78, 5) is 14.6. The summed E-state index contributed by atoms with van der Waals surface area (Å²) in [5.74, 6) is 0.674. The van der Waals surface area contributed by atoms with E-state index in [1.165, 1.54) is 10.4 Å². The lowest BCUT2D eigenvalue weighted by Gasteiger charge is -2.34. The van der Waals surface area contributed by atoms with Gasteiger partial charge in [0.15, 0.2) is 0 Å². The fourth-order valence-corrected chi connectivity index (χ4v) is 5.45. The Kier molecular flexibility index (Phi) is 6.79. The van der Waals surface area contributed by atoms with Gasteiger partial charge >= 0.3 is 0 Å². The van der Waals surface area contributed by atoms with Gasteiger partial charge in [0.1, 0.15) is 17.3 Å². The highest BCUT2D eigenvalue weighted by molar-refractivity contribution is 7.89. The maximum Gasteiger partial charge on any atom is 0.253 e. The number of amides is 1. The first-order valence-corrected chi connectivity index (χ1v) is 12.1. The smallest absolute Gasteiger partial charge is 0.253 e. The van der Waals surface area contributed by atoms with Gasteiger partial charge in [0.25, 0.3) is 5.91 Å². The van der Waals surface area contributed by atoms with Crippen molar-refractivity contribution in [3.8, 4) is 5.75 Å². The van der Waals surface area contributed by atoms with Gasteiger partial charge in [-0.3, -0.25) is 4.79 Å². The lowest BCUT2D eigenvalue weighted by molar-refractivity contribution is 0.0698. The van der Waals surface area contributed by atoms with Crippen LogP contribution in [0.25, 0.3) is 0 Å². The van der Waals surface area contributed by atoms with E-state index in [-0.39, 0.29) is 28.9 Å². The molecule has 0 N–H and O–H groups in total. The van der Waals surface area contributed by atoms with Crippen LogP contribution in [0.2, 0.25) is 5.02 Å². The second-order valence-electron chi connectivity index (χ2n) is 7.43. The Labute approximate surface area is 193 Å². The van der Waals surface area contributed by atoms with Crippen molar-refractivity contribution in [3.05, 3.63) is 95.0 Å². The Bertz CT molecular complexity index is 1180. The number of halogens is 1. The van der Waals surface area contributed by atoms with E-state index in [1.54, 1.807) is 35.2 Å². The van der Waals surface area contributed by atoms with Crippen molar-refractivity contribution in [1.29, 1.82) is 0 Å². The minimum atomic E-state index is -3.69. The van der Waals surface area contributed by atoms with Crippen LogP contribution in [0.15, 0.2) is 83.8 Å². The number of nitrogens with zero attached hydrogens (tertiary/aromatic N) is 2. The number of sulfonamides is 1. The van der Waals surface area contributed by atoms with Gasteiger partial charge in [0, 0.05) is 31.7 Å². The number of carbonyl (C=O) groups excluding carboxylic acids is 1. The molecule has 6 nitrogen and oxygen atoms in total. The molecule has 166 valence electrons. The number of ether oxygens (including phenoxy) is 1. The number of para-hydroxylation sites is 1. The van der Waals surface area contributed by atoms with Crippen molar-refractivity contribution < 1.29 is 17.9 Å². The van der Waals surface area contributed by atoms with Crippen LogP contribution in [0.5, 0.6) is 5.75 Å². The number of carbonyl (C=O) groups is 1. The molecular formula is C24H23ClN2O4S. The molecule has 0 radical (unpaired) electrons. The van der Waals surface area contributed by atoms with Crippen LogP contribution < -0.4 is 4.74 Å². The van der Waals surface area contributed by atoms with E-state index in [9.17, 15) is 13.2 Å². The van der Waals surface area contributed by atoms with Gasteiger partial charge in [0.05, 0.1) is 5.02 Å². The largest absolute Gasteiger partial charge is 0.489 e. The van der Waals surface area contributed by atoms with Crippen molar-refractivity contribution in [2.45, 2.75) is 11.5 Å². The molecule has 4 rings (SSSR count). The summed E-state index contributed by atoms with van der Waals surface area (Å²) in [5, 5.41) is 0.197. The van der Waals surface area contributed by atoms with E-state index in [0.717, 1.165) is 11.3 Å². The van der Waals surface area contributed by atoms with Gasteiger partial charge in [-0.2, -0.15) is 4.31 Å². The highest BCUT2D eigenvalue weighted by Gasteiger charge is 2.31. The van der Waals surface area contributed by atoms with Gasteiger partial charge in [-0.1, -0.05) is 54.1 Å². The highest BCUT2D eigenvalue weighted by Crippen LogP contribution is 2.25. The SMILES string of the molecule is O=C(c1ccc(COc2ccccc2)cc1)N1CCN(S(=O)(=O)c2ccccc2Cl)CC1. The maximum absolute atomic E-state index is 12.9. The molecule has 1 aliphatic heterocycles. The van der Waals surface area contributed by atoms with Gasteiger partial charge in [-0.15, -0.1) is 0 Å². The summed E-state index contributed by atoms with van der Waals surface area (Å²) in [6.07, 6.45) is 0. The van der Waals surface area contributed by atoms with E-state index in [2.05, 4.69) is 0 Å². The molecule has 1 fully saturated rings. The van der Waals surface area contributed by atoms with Gasteiger partial charge in [0.2, 0.25) is 10.0 Å². The van der Waals surface area contributed by atoms with Crippen LogP contribution >= 0.6 is 11.6 Å². The number of benzene rings is 3. The summed E-state index contributed by atoms with van der Waals surface area (Å²) in [6.45, 7) is 1.50. The second kappa shape index (κ2) is 9.73. The molecule has 32 heavy (non-hydrogen) atoms. The zero-order valence-electron chi connectivity index (χ0n) is 17.4. The van der Waals surface area contributed by atoms with Crippen molar-refractivity contribution in [3.63, 3.8) is 0 Å². The lowest BCUT2D eigenvalue weighted by atomic mass is 10.1. The van der Waals surface area contributed by atoms with E-state index in [1.807, 2.05) is 42.5 Å². The van der Waals surface area contributed by atoms with Crippen LogP contribution in [0.4, 0.5) is 0 Å². The van der Waals surface area contributed by atoms with Crippen LogP contribution in [0, 0.1) is 0 Å². The molecule has 1 heterocycles. The average molecular weight is 471 g/mol. The molecule has 8 heteroatoms. The van der Waals surface area contributed by atoms with Crippen molar-refractivity contribution in [2.75, 3.05) is 26.2 Å². The molecule has 0 bridgehead atoms. The summed E-state index contributed by atoms with van der Waals surface area (Å²) in [6, 6.07) is 23.2. The first-order valence-electron chi connectivity index (χ1n) is 10.3. The Balaban J connectivity index is 1.34. The van der Waals surface area contributed by atoms with Crippen LogP contribution in [-0.2, 0) is 16.6 Å². The quantitative estimate of drug-likeness (QED) is 0.544. The van der Waals surface area contributed by atoms with Gasteiger partial charge < -0.3 is 9.64 Å². The predicted octanol–water partition coefficient (Wildman–Crippen LogP) is 4.07. The average Bonchev–Trinajstić information content (AvgIpc) is 2.83. The summed E-state index contributed by atoms with van der Waals surface area (Å²) >= 11 is 6.08. The third-order valence-corrected chi connectivity index (χ3v) is 7.73. The topological polar surface area (TPSA) is 66.9 Å². The number of hydrogen-bond donors (Lipinski definition) is 0. The standard InChI is InChI=1S/C24H23ClN2O4S/c25-22-8-4-5-9-23(22)32(29,30)27-16-14-26(15-17-27)24(28)20-12-10-19(11-13-20)18-31-21-6-2-1-3-7-21/h1-13H,14-18H2. The molecular weight excluding hydrogens is 448 g/mol. The number of hydrogen-bond acceptors (Lipinski definition) is 4. The zero-order valence-corrected chi connectivity index (χ0v) is 18.9. The Morgan fingerprint density at radius 1 is 0.844 bits per heavy atom. The molecule has 1 aliphatic rings. The van der Waals surface area contributed by atoms with Crippen molar-refractivity contribution >= 4 is 27.5 Å². The van der Waals surface area contributed by atoms with Gasteiger partial charge in [-0.25, -0.2) is 8.42 Å². The molecule has 3 aromatic rings. The van der Waals surface area contributed by atoms with Crippen LogP contribution in [0.1, 0.15) is 15.9 Å². The maximum atomic E-state index is 12.9. The monoisotopic (exact) mass is 470 g/mol. The fourth-order valence-electron chi connectivity index (χ4n) is 3.53. The van der Waals surface area contributed by atoms with E-state index < -0.39 is 10.0 Å². The molecule has 0 spiro atoms. The van der Waals surface area contributed by atoms with Crippen molar-refractivity contribution in [1.82, 2.24) is 9.21 Å². The van der Waals surface area contributed by atoms with Gasteiger partial charge in [-0.05, 0) is 42.0 Å². The van der Waals surface area contributed by atoms with Crippen LogP contribution in [-0.4, -0.2) is 49.7 Å². The summed E-state index contributed by atoms with van der Waals surface area (Å²) < 4.78 is 32.9. The van der Waals surface area contributed by atoms with E-state index in [0.29, 0.717) is 25.3 Å². The Hall–Kier alpha value is -2.87. The third-order valence-electron chi connectivity index (χ3n) is 5.33. The molecule has 0 unspecified atom stereocenters. The molecule has 0 saturated carbocycles. The molecule has 1 saturated heterocycles. The molecule has 1 amide bonds. The summed E-state index contributed by atoms with van der Waals surface area (Å²) in [7, 11) is -3.69. The minimum absolute atomic E-state index is 0.0924. The lowest BCUT2D eigenvalue weighted by Crippen LogP contribution is -2.50. The Morgan fingerprint density at radius 3 is 2.12 bits per heavy atom. The normalized spacial score (nSPS) is 14.8. The molecule has 3 aromatic carbocycles. The molecule has 0 atom stereocenters. The summed E-state index contributed by atoms with van der Waals surface area (Å²) in [5.41, 5.74) is 1.52. The minimum Gasteiger partial charge on any atom is -0.489 e. The molecule has 0 aromatic heterocycles. The number of piperazine rings is 1. The predicted molar refractivity (Wildman–Crippen MR) is 123 cm³/mol. The third kappa shape index (κ3) is 4.96. The van der Waals surface area contributed by atoms with E-state index >= 15 is 0 Å². The highest BCUT2D eigenvalue weighted by atomic mass is 35.5. The number of rotatable bonds is 6. The Morgan fingerprint density at radius 2 is 1.47 bits per heavy atom. The fraction of sp³-hybridized carbons (Fsp3) is 0.208. The van der Waals surface area contributed by atoms with Crippen LogP contribution in [0.3, 0.4) is 0 Å². The first-order chi connectivity index (χ1) is 15.4. The first kappa shape index (κ1) is 22.3. The zero-order chi connectivity index (χ0) is 22.6. The van der Waals surface area contributed by atoms with Crippen molar-refractivity contribution in [2.24, 2.45) is 0 Å².